The van der Waals surface area contributed by atoms with Crippen LogP contribution in [0, 0.1) is 6.92 Å². The average molecular weight is 463 g/mol. The third-order valence-corrected chi connectivity index (χ3v) is 6.79. The number of H-pyrrole nitrogens is 1. The first kappa shape index (κ1) is 22.7. The molecule has 0 aliphatic heterocycles. The normalized spacial score (nSPS) is 11.5. The third-order valence-electron chi connectivity index (χ3n) is 5.39. The number of benzene rings is 3. The van der Waals surface area contributed by atoms with E-state index >= 15 is 0 Å². The molecule has 1 aromatic heterocycles. The van der Waals surface area contributed by atoms with Gasteiger partial charge in [0.1, 0.15) is 5.82 Å². The third kappa shape index (κ3) is 5.66. The molecule has 0 saturated carbocycles. The summed E-state index contributed by atoms with van der Waals surface area (Å²) in [6, 6.07) is 21.7. The fourth-order valence-electron chi connectivity index (χ4n) is 3.55. The van der Waals surface area contributed by atoms with Crippen molar-refractivity contribution in [3.05, 3.63) is 95.3 Å². The van der Waals surface area contributed by atoms with Crippen molar-refractivity contribution in [2.45, 2.75) is 31.2 Å². The fourth-order valence-corrected chi connectivity index (χ4v) is 4.59. The Hall–Kier alpha value is -3.49. The summed E-state index contributed by atoms with van der Waals surface area (Å²) in [6.45, 7) is 2.43. The molecule has 33 heavy (non-hydrogen) atoms. The number of sulfonamides is 1. The summed E-state index contributed by atoms with van der Waals surface area (Å²) in [5.74, 6) is 0.580. The van der Waals surface area contributed by atoms with E-state index in [1.807, 2.05) is 54.6 Å². The number of aryl methyl sites for hydroxylation is 2. The van der Waals surface area contributed by atoms with Crippen molar-refractivity contribution in [1.29, 1.82) is 0 Å². The predicted octanol–water partition coefficient (Wildman–Crippen LogP) is 3.71. The van der Waals surface area contributed by atoms with Gasteiger partial charge in [0.05, 0.1) is 15.9 Å². The van der Waals surface area contributed by atoms with E-state index in [9.17, 15) is 13.2 Å². The number of carbonyl (C=O) groups is 1. The summed E-state index contributed by atoms with van der Waals surface area (Å²) < 4.78 is 28.0. The number of hydrogen-bond donors (Lipinski definition) is 3. The summed E-state index contributed by atoms with van der Waals surface area (Å²) in [4.78, 5) is 20.6. The molecule has 0 saturated heterocycles. The lowest BCUT2D eigenvalue weighted by molar-refractivity contribution is 0.0952. The van der Waals surface area contributed by atoms with Crippen molar-refractivity contribution in [2.24, 2.45) is 0 Å². The monoisotopic (exact) mass is 462 g/mol. The number of fused-ring (bicyclic) bond motifs is 1. The zero-order valence-electron chi connectivity index (χ0n) is 18.3. The van der Waals surface area contributed by atoms with E-state index in [-0.39, 0.29) is 17.3 Å². The van der Waals surface area contributed by atoms with Crippen LogP contribution in [0.3, 0.4) is 0 Å². The van der Waals surface area contributed by atoms with Gasteiger partial charge in [0.25, 0.3) is 5.91 Å². The maximum absolute atomic E-state index is 12.7. The first-order valence-corrected chi connectivity index (χ1v) is 12.3. The second kappa shape index (κ2) is 9.97. The molecule has 0 radical (unpaired) electrons. The van der Waals surface area contributed by atoms with Crippen molar-refractivity contribution in [1.82, 2.24) is 20.0 Å². The molecule has 0 atom stereocenters. The Bertz CT molecular complexity index is 1330. The van der Waals surface area contributed by atoms with Gasteiger partial charge in [0, 0.05) is 25.1 Å². The van der Waals surface area contributed by atoms with Gasteiger partial charge >= 0.3 is 0 Å². The highest BCUT2D eigenvalue weighted by Gasteiger charge is 2.18. The average Bonchev–Trinajstić information content (AvgIpc) is 3.24. The summed E-state index contributed by atoms with van der Waals surface area (Å²) in [7, 11) is -3.75. The highest BCUT2D eigenvalue weighted by atomic mass is 32.2. The number of imidazole rings is 1. The summed E-state index contributed by atoms with van der Waals surface area (Å²) in [5, 5.41) is 2.88. The lowest BCUT2D eigenvalue weighted by Gasteiger charge is -2.11. The summed E-state index contributed by atoms with van der Waals surface area (Å²) in [5.41, 5.74) is 3.83. The Labute approximate surface area is 193 Å². The molecule has 0 aliphatic rings. The van der Waals surface area contributed by atoms with E-state index in [0.29, 0.717) is 30.5 Å². The Morgan fingerprint density at radius 2 is 1.76 bits per heavy atom. The number of nitrogens with zero attached hydrogens (tertiary/aromatic N) is 1. The number of rotatable bonds is 9. The molecule has 0 fully saturated rings. The van der Waals surface area contributed by atoms with Gasteiger partial charge in [0.2, 0.25) is 10.0 Å². The second-order valence-electron chi connectivity index (χ2n) is 7.85. The highest BCUT2D eigenvalue weighted by Crippen LogP contribution is 2.17. The van der Waals surface area contributed by atoms with Crippen molar-refractivity contribution < 1.29 is 13.2 Å². The fraction of sp³-hybridized carbons (Fsp3) is 0.200. The van der Waals surface area contributed by atoms with Crippen molar-refractivity contribution in [3.8, 4) is 0 Å². The zero-order chi connectivity index (χ0) is 23.3. The smallest absolute Gasteiger partial charge is 0.251 e. The van der Waals surface area contributed by atoms with Gasteiger partial charge in [-0.3, -0.25) is 4.79 Å². The van der Waals surface area contributed by atoms with Crippen molar-refractivity contribution in [3.63, 3.8) is 0 Å². The first-order chi connectivity index (χ1) is 15.9. The molecule has 3 aromatic carbocycles. The molecule has 3 N–H and O–H groups in total. The van der Waals surface area contributed by atoms with E-state index in [1.54, 1.807) is 13.0 Å². The number of aromatic amines is 1. The lowest BCUT2D eigenvalue weighted by atomic mass is 10.1. The molecule has 0 bridgehead atoms. The van der Waals surface area contributed by atoms with Crippen LogP contribution in [0.4, 0.5) is 0 Å². The maximum atomic E-state index is 12.7. The van der Waals surface area contributed by atoms with Crippen LogP contribution in [0.1, 0.15) is 33.7 Å². The van der Waals surface area contributed by atoms with Crippen LogP contribution < -0.4 is 10.0 Å². The van der Waals surface area contributed by atoms with Crippen LogP contribution >= 0.6 is 0 Å². The van der Waals surface area contributed by atoms with E-state index in [0.717, 1.165) is 22.4 Å². The SMILES string of the molecule is Cc1ccc(S(=O)(=O)NCc2ccccc2)cc1C(=O)NCCCc1nc2ccccc2[nH]1. The molecular weight excluding hydrogens is 436 g/mol. The Balaban J connectivity index is 1.35. The number of carbonyl (C=O) groups excluding carboxylic acids is 1. The number of nitrogens with one attached hydrogen (secondary N) is 3. The quantitative estimate of drug-likeness (QED) is 0.330. The molecule has 0 unspecified atom stereocenters. The standard InChI is InChI=1S/C25H26N4O3S/c1-18-13-14-20(33(31,32)27-17-19-8-3-2-4-9-19)16-21(18)25(30)26-15-7-12-24-28-22-10-5-6-11-23(22)29-24/h2-6,8-11,13-14,16,27H,7,12,15,17H2,1H3,(H,26,30)(H,28,29). The molecule has 7 nitrogen and oxygen atoms in total. The van der Waals surface area contributed by atoms with Crippen LogP contribution in [0.25, 0.3) is 11.0 Å². The van der Waals surface area contributed by atoms with E-state index in [2.05, 4.69) is 20.0 Å². The van der Waals surface area contributed by atoms with Crippen LogP contribution in [0.15, 0.2) is 77.7 Å². The molecular formula is C25H26N4O3S. The van der Waals surface area contributed by atoms with Gasteiger partial charge in [-0.05, 0) is 48.7 Å². The number of hydrogen-bond acceptors (Lipinski definition) is 4. The largest absolute Gasteiger partial charge is 0.352 e. The minimum Gasteiger partial charge on any atom is -0.352 e. The van der Waals surface area contributed by atoms with Crippen molar-refractivity contribution >= 4 is 27.0 Å². The Morgan fingerprint density at radius 1 is 1.00 bits per heavy atom. The molecule has 0 aliphatic carbocycles. The van der Waals surface area contributed by atoms with Crippen LogP contribution in [0.2, 0.25) is 0 Å². The predicted molar refractivity (Wildman–Crippen MR) is 128 cm³/mol. The lowest BCUT2D eigenvalue weighted by Crippen LogP contribution is -2.27. The van der Waals surface area contributed by atoms with E-state index in [1.165, 1.54) is 12.1 Å². The van der Waals surface area contributed by atoms with Crippen molar-refractivity contribution in [2.75, 3.05) is 6.54 Å². The minimum atomic E-state index is -3.75. The van der Waals surface area contributed by atoms with Gasteiger partial charge in [-0.1, -0.05) is 48.5 Å². The van der Waals surface area contributed by atoms with Gasteiger partial charge < -0.3 is 10.3 Å². The first-order valence-electron chi connectivity index (χ1n) is 10.8. The maximum Gasteiger partial charge on any atom is 0.251 e. The number of amides is 1. The molecule has 170 valence electrons. The van der Waals surface area contributed by atoms with E-state index in [4.69, 9.17) is 0 Å². The van der Waals surface area contributed by atoms with Crippen LogP contribution in [-0.4, -0.2) is 30.8 Å². The molecule has 4 rings (SSSR count). The Morgan fingerprint density at radius 3 is 2.55 bits per heavy atom. The van der Waals surface area contributed by atoms with E-state index < -0.39 is 10.0 Å². The molecule has 1 amide bonds. The minimum absolute atomic E-state index is 0.0662. The van der Waals surface area contributed by atoms with Gasteiger partial charge in [0.15, 0.2) is 0 Å². The van der Waals surface area contributed by atoms with Gasteiger partial charge in [-0.25, -0.2) is 18.1 Å². The Kier molecular flexibility index (Phi) is 6.86. The molecule has 4 aromatic rings. The van der Waals surface area contributed by atoms with Gasteiger partial charge in [-0.15, -0.1) is 0 Å². The molecule has 8 heteroatoms. The van der Waals surface area contributed by atoms with Crippen LogP contribution in [-0.2, 0) is 23.0 Å². The number of para-hydroxylation sites is 2. The van der Waals surface area contributed by atoms with Gasteiger partial charge in [-0.2, -0.15) is 0 Å². The molecule has 0 spiro atoms. The molecule has 1 heterocycles. The topological polar surface area (TPSA) is 104 Å². The summed E-state index contributed by atoms with van der Waals surface area (Å²) >= 11 is 0. The highest BCUT2D eigenvalue weighted by molar-refractivity contribution is 7.89. The van der Waals surface area contributed by atoms with Crippen LogP contribution in [0.5, 0.6) is 0 Å². The number of aromatic nitrogens is 2. The zero-order valence-corrected chi connectivity index (χ0v) is 19.2. The summed E-state index contributed by atoms with van der Waals surface area (Å²) in [6.07, 6.45) is 1.41. The second-order valence-corrected chi connectivity index (χ2v) is 9.61.